The third-order valence-corrected chi connectivity index (χ3v) is 2.38. The fourth-order valence-corrected chi connectivity index (χ4v) is 1.32. The molecule has 0 amide bonds. The van der Waals surface area contributed by atoms with Gasteiger partial charge in [-0.25, -0.2) is 0 Å². The fourth-order valence-electron chi connectivity index (χ4n) is 1.32. The van der Waals surface area contributed by atoms with Gasteiger partial charge in [-0.3, -0.25) is 0 Å². The molecular formula is C11H16O3. The number of methoxy groups -OCH3 is 3. The smallest absolute Gasteiger partial charge is 0.194 e. The summed E-state index contributed by atoms with van der Waals surface area (Å²) in [5.41, 5.74) is 0.882. The van der Waals surface area contributed by atoms with Crippen LogP contribution in [0.25, 0.3) is 0 Å². The highest BCUT2D eigenvalue weighted by Crippen LogP contribution is 2.32. The van der Waals surface area contributed by atoms with Gasteiger partial charge in [0, 0.05) is 14.2 Å². The molecule has 1 rings (SSSR count). The molecule has 0 bridgehead atoms. The maximum absolute atomic E-state index is 5.31. The second kappa shape index (κ2) is 4.44. The molecule has 0 heterocycles. The zero-order valence-corrected chi connectivity index (χ0v) is 9.03. The first-order valence-electron chi connectivity index (χ1n) is 4.41. The SMILES string of the molecule is COc1ccccc1C(C)(OC)OC. The van der Waals surface area contributed by atoms with Gasteiger partial charge in [0.05, 0.1) is 12.7 Å². The first kappa shape index (κ1) is 11.0. The van der Waals surface area contributed by atoms with Crippen molar-refractivity contribution in [1.29, 1.82) is 0 Å². The molecule has 3 heteroatoms. The minimum atomic E-state index is -0.757. The van der Waals surface area contributed by atoms with Crippen LogP contribution < -0.4 is 4.74 Å². The lowest BCUT2D eigenvalue weighted by Gasteiger charge is -2.28. The quantitative estimate of drug-likeness (QED) is 0.691. The van der Waals surface area contributed by atoms with Crippen molar-refractivity contribution in [1.82, 2.24) is 0 Å². The zero-order valence-electron chi connectivity index (χ0n) is 9.03. The third kappa shape index (κ3) is 1.89. The number of hydrogen-bond acceptors (Lipinski definition) is 3. The first-order chi connectivity index (χ1) is 6.68. The summed E-state index contributed by atoms with van der Waals surface area (Å²) in [6.45, 7) is 1.85. The molecule has 0 aliphatic carbocycles. The molecule has 1 aromatic carbocycles. The minimum Gasteiger partial charge on any atom is -0.496 e. The fraction of sp³-hybridized carbons (Fsp3) is 0.455. The van der Waals surface area contributed by atoms with Crippen molar-refractivity contribution < 1.29 is 14.2 Å². The Kier molecular flexibility index (Phi) is 3.49. The Balaban J connectivity index is 3.15. The molecule has 0 N–H and O–H groups in total. The normalized spacial score (nSPS) is 11.4. The van der Waals surface area contributed by atoms with Crippen molar-refractivity contribution >= 4 is 0 Å². The van der Waals surface area contributed by atoms with E-state index in [1.807, 2.05) is 31.2 Å². The molecule has 0 atom stereocenters. The maximum atomic E-state index is 5.31. The molecule has 78 valence electrons. The van der Waals surface area contributed by atoms with Crippen molar-refractivity contribution in [2.24, 2.45) is 0 Å². The Labute approximate surface area is 84.6 Å². The van der Waals surface area contributed by atoms with E-state index in [2.05, 4.69) is 0 Å². The third-order valence-electron chi connectivity index (χ3n) is 2.38. The molecule has 0 radical (unpaired) electrons. The van der Waals surface area contributed by atoms with Gasteiger partial charge in [0.1, 0.15) is 5.75 Å². The average molecular weight is 196 g/mol. The molecular weight excluding hydrogens is 180 g/mol. The Morgan fingerprint density at radius 3 is 2.07 bits per heavy atom. The van der Waals surface area contributed by atoms with Crippen LogP contribution in [0.3, 0.4) is 0 Å². The van der Waals surface area contributed by atoms with Crippen LogP contribution in [-0.4, -0.2) is 21.3 Å². The van der Waals surface area contributed by atoms with Crippen molar-refractivity contribution in [2.75, 3.05) is 21.3 Å². The molecule has 1 aromatic rings. The van der Waals surface area contributed by atoms with Crippen LogP contribution in [0.4, 0.5) is 0 Å². The number of para-hydroxylation sites is 1. The van der Waals surface area contributed by atoms with Gasteiger partial charge in [0.25, 0.3) is 0 Å². The van der Waals surface area contributed by atoms with E-state index >= 15 is 0 Å². The molecule has 14 heavy (non-hydrogen) atoms. The molecule has 0 saturated carbocycles. The Hall–Kier alpha value is -1.06. The summed E-state index contributed by atoms with van der Waals surface area (Å²) < 4.78 is 15.9. The van der Waals surface area contributed by atoms with Crippen molar-refractivity contribution in [3.05, 3.63) is 29.8 Å². The van der Waals surface area contributed by atoms with Crippen LogP contribution in [0, 0.1) is 0 Å². The summed E-state index contributed by atoms with van der Waals surface area (Å²) in [4.78, 5) is 0. The summed E-state index contributed by atoms with van der Waals surface area (Å²) >= 11 is 0. The van der Waals surface area contributed by atoms with E-state index < -0.39 is 5.79 Å². The maximum Gasteiger partial charge on any atom is 0.194 e. The monoisotopic (exact) mass is 196 g/mol. The molecule has 0 unspecified atom stereocenters. The first-order valence-corrected chi connectivity index (χ1v) is 4.41. The highest BCUT2D eigenvalue weighted by Gasteiger charge is 2.28. The highest BCUT2D eigenvalue weighted by molar-refractivity contribution is 5.36. The largest absolute Gasteiger partial charge is 0.496 e. The van der Waals surface area contributed by atoms with Crippen molar-refractivity contribution in [3.8, 4) is 5.75 Å². The van der Waals surface area contributed by atoms with Crippen molar-refractivity contribution in [3.63, 3.8) is 0 Å². The second-order valence-corrected chi connectivity index (χ2v) is 3.05. The van der Waals surface area contributed by atoms with Crippen LogP contribution in [-0.2, 0) is 15.3 Å². The van der Waals surface area contributed by atoms with E-state index in [1.165, 1.54) is 0 Å². The molecule has 0 saturated heterocycles. The Morgan fingerprint density at radius 2 is 1.57 bits per heavy atom. The van der Waals surface area contributed by atoms with Crippen LogP contribution in [0.1, 0.15) is 12.5 Å². The van der Waals surface area contributed by atoms with Crippen molar-refractivity contribution in [2.45, 2.75) is 12.7 Å². The highest BCUT2D eigenvalue weighted by atomic mass is 16.7. The van der Waals surface area contributed by atoms with Crippen LogP contribution in [0.5, 0.6) is 5.75 Å². The van der Waals surface area contributed by atoms with E-state index in [-0.39, 0.29) is 0 Å². The van der Waals surface area contributed by atoms with Gasteiger partial charge in [-0.2, -0.15) is 0 Å². The standard InChI is InChI=1S/C11H16O3/c1-11(13-3,14-4)9-7-5-6-8-10(9)12-2/h5-8H,1-4H3. The van der Waals surface area contributed by atoms with E-state index in [4.69, 9.17) is 14.2 Å². The topological polar surface area (TPSA) is 27.7 Å². The molecule has 3 nitrogen and oxygen atoms in total. The molecule has 0 spiro atoms. The number of rotatable bonds is 4. The summed E-state index contributed by atoms with van der Waals surface area (Å²) in [5.74, 6) is 0.00535. The van der Waals surface area contributed by atoms with Gasteiger partial charge in [-0.1, -0.05) is 12.1 Å². The van der Waals surface area contributed by atoms with Gasteiger partial charge < -0.3 is 14.2 Å². The molecule has 0 aromatic heterocycles. The lowest BCUT2D eigenvalue weighted by molar-refractivity contribution is -0.202. The van der Waals surface area contributed by atoms with E-state index in [9.17, 15) is 0 Å². The van der Waals surface area contributed by atoms with E-state index in [1.54, 1.807) is 21.3 Å². The van der Waals surface area contributed by atoms with Gasteiger partial charge in [-0.05, 0) is 19.1 Å². The zero-order chi connectivity index (χ0) is 10.6. The average Bonchev–Trinajstić information content (AvgIpc) is 2.28. The van der Waals surface area contributed by atoms with E-state index in [0.717, 1.165) is 11.3 Å². The minimum absolute atomic E-state index is 0.757. The lowest BCUT2D eigenvalue weighted by atomic mass is 10.1. The predicted octanol–water partition coefficient (Wildman–Crippen LogP) is 2.16. The predicted molar refractivity (Wildman–Crippen MR) is 54.4 cm³/mol. The van der Waals surface area contributed by atoms with Crippen LogP contribution in [0.2, 0.25) is 0 Å². The lowest BCUT2D eigenvalue weighted by Crippen LogP contribution is -2.27. The number of ether oxygens (including phenoxy) is 3. The van der Waals surface area contributed by atoms with Crippen LogP contribution in [0.15, 0.2) is 24.3 Å². The van der Waals surface area contributed by atoms with Gasteiger partial charge in [0.2, 0.25) is 0 Å². The Bertz CT molecular complexity index is 292. The summed E-state index contributed by atoms with van der Waals surface area (Å²) in [6, 6.07) is 7.64. The summed E-state index contributed by atoms with van der Waals surface area (Å²) in [7, 11) is 4.84. The van der Waals surface area contributed by atoms with Gasteiger partial charge >= 0.3 is 0 Å². The van der Waals surface area contributed by atoms with Gasteiger partial charge in [-0.15, -0.1) is 0 Å². The number of hydrogen-bond donors (Lipinski definition) is 0. The molecule has 0 aliphatic rings. The second-order valence-electron chi connectivity index (χ2n) is 3.05. The molecule has 0 fully saturated rings. The number of benzene rings is 1. The Morgan fingerprint density at radius 1 is 1.00 bits per heavy atom. The summed E-state index contributed by atoms with van der Waals surface area (Å²) in [5, 5.41) is 0. The summed E-state index contributed by atoms with van der Waals surface area (Å²) in [6.07, 6.45) is 0. The van der Waals surface area contributed by atoms with Crippen LogP contribution >= 0.6 is 0 Å². The van der Waals surface area contributed by atoms with Gasteiger partial charge in [0.15, 0.2) is 5.79 Å². The van der Waals surface area contributed by atoms with E-state index in [0.29, 0.717) is 0 Å². The molecule has 0 aliphatic heterocycles.